The minimum Gasteiger partial charge on any atom is -0.444 e. The van der Waals surface area contributed by atoms with Crippen LogP contribution in [0.1, 0.15) is 20.8 Å². The summed E-state index contributed by atoms with van der Waals surface area (Å²) in [6.07, 6.45) is 0.169. The van der Waals surface area contributed by atoms with E-state index in [4.69, 9.17) is 4.74 Å². The van der Waals surface area contributed by atoms with E-state index in [-0.39, 0.29) is 6.09 Å². The Labute approximate surface area is 71.1 Å². The van der Waals surface area contributed by atoms with Gasteiger partial charge >= 0.3 is 6.09 Å². The van der Waals surface area contributed by atoms with E-state index >= 15 is 0 Å². The fraction of sp³-hybridized carbons (Fsp3) is 0.857. The summed E-state index contributed by atoms with van der Waals surface area (Å²) < 4.78 is 5.05. The van der Waals surface area contributed by atoms with Crippen molar-refractivity contribution < 1.29 is 9.53 Å². The quantitative estimate of drug-likeness (QED) is 0.552. The summed E-state index contributed by atoms with van der Waals surface area (Å²) in [4.78, 5) is 12.5. The first-order valence-electron chi connectivity index (χ1n) is 3.45. The minimum absolute atomic E-state index is 0.312. The first-order chi connectivity index (χ1) is 4.87. The van der Waals surface area contributed by atoms with Crippen LogP contribution in [-0.2, 0) is 4.74 Å². The zero-order valence-corrected chi connectivity index (χ0v) is 8.47. The zero-order chi connectivity index (χ0) is 9.07. The molecule has 1 amide bonds. The third-order valence-corrected chi connectivity index (χ3v) is 1.42. The molecule has 0 N–H and O–H groups in total. The van der Waals surface area contributed by atoms with Crippen LogP contribution in [0.25, 0.3) is 0 Å². The van der Waals surface area contributed by atoms with Crippen LogP contribution in [0, 0.1) is 0 Å². The van der Waals surface area contributed by atoms with Crippen LogP contribution in [-0.4, -0.2) is 40.1 Å². The summed E-state index contributed by atoms with van der Waals surface area (Å²) in [5.74, 6) is 0. The highest BCUT2D eigenvalue weighted by atomic mass is 28.1. The van der Waals surface area contributed by atoms with Crippen LogP contribution >= 0.6 is 0 Å². The number of hydrogen-bond donors (Lipinski definition) is 0. The molecule has 0 fully saturated rings. The van der Waals surface area contributed by atoms with Crippen LogP contribution in [0.5, 0.6) is 0 Å². The molecule has 3 nitrogen and oxygen atoms in total. The second-order valence-electron chi connectivity index (χ2n) is 3.34. The van der Waals surface area contributed by atoms with E-state index in [2.05, 4.69) is 10.2 Å². The normalized spacial score (nSPS) is 11.0. The molecule has 63 valence electrons. The van der Waals surface area contributed by atoms with Gasteiger partial charge in [0.05, 0.1) is 10.2 Å². The van der Waals surface area contributed by atoms with Crippen LogP contribution < -0.4 is 0 Å². The predicted molar refractivity (Wildman–Crippen MR) is 44.6 cm³/mol. The summed E-state index contributed by atoms with van der Waals surface area (Å²) >= 11 is 0. The predicted octanol–water partition coefficient (Wildman–Crippen LogP) is 0.979. The smallest absolute Gasteiger partial charge is 0.409 e. The lowest BCUT2D eigenvalue weighted by atomic mass is 10.2. The third kappa shape index (κ3) is 4.84. The molecule has 0 aromatic heterocycles. The molecule has 0 aromatic carbocycles. The minimum atomic E-state index is -0.410. The van der Waals surface area contributed by atoms with Gasteiger partial charge in [0.15, 0.2) is 0 Å². The molecule has 0 aliphatic carbocycles. The summed E-state index contributed by atoms with van der Waals surface area (Å²) in [5.41, 5.74) is -0.410. The Morgan fingerprint density at radius 1 is 1.55 bits per heavy atom. The van der Waals surface area contributed by atoms with Gasteiger partial charge in [-0.3, -0.25) is 0 Å². The Hall–Kier alpha value is -0.513. The molecule has 0 rings (SSSR count). The Balaban J connectivity index is 3.88. The molecule has 0 saturated heterocycles. The van der Waals surface area contributed by atoms with Crippen LogP contribution in [0.3, 0.4) is 0 Å². The molecule has 3 radical (unpaired) electrons. The molecular formula is C7H14NO2Si. The van der Waals surface area contributed by atoms with Crippen molar-refractivity contribution in [1.82, 2.24) is 4.90 Å². The van der Waals surface area contributed by atoms with Gasteiger partial charge in [-0.05, 0) is 20.8 Å². The first kappa shape index (κ1) is 10.5. The molecule has 0 aromatic rings. The van der Waals surface area contributed by atoms with E-state index in [9.17, 15) is 4.79 Å². The standard InChI is InChI=1S/C7H14NO2Si/c1-7(2,3)10-6(9)8(4)5-11/h5H2,1-4H3. The SMILES string of the molecule is CN(C[Si])C(=O)OC(C)(C)C. The van der Waals surface area contributed by atoms with Crippen molar-refractivity contribution >= 4 is 16.3 Å². The number of amides is 1. The van der Waals surface area contributed by atoms with Crippen LogP contribution in [0.4, 0.5) is 4.79 Å². The fourth-order valence-corrected chi connectivity index (χ4v) is 0.533. The van der Waals surface area contributed by atoms with Crippen LogP contribution in [0.15, 0.2) is 0 Å². The van der Waals surface area contributed by atoms with Crippen molar-refractivity contribution in [3.05, 3.63) is 0 Å². The molecule has 0 aliphatic heterocycles. The molecule has 0 saturated carbocycles. The number of carbonyl (C=O) groups excluding carboxylic acids is 1. The second kappa shape index (κ2) is 3.76. The average molecular weight is 172 g/mol. The molecule has 11 heavy (non-hydrogen) atoms. The van der Waals surface area contributed by atoms with Crippen molar-refractivity contribution in [2.24, 2.45) is 0 Å². The van der Waals surface area contributed by atoms with E-state index < -0.39 is 5.60 Å². The largest absolute Gasteiger partial charge is 0.444 e. The highest BCUT2D eigenvalue weighted by Crippen LogP contribution is 2.08. The van der Waals surface area contributed by atoms with Gasteiger partial charge < -0.3 is 9.64 Å². The lowest BCUT2D eigenvalue weighted by molar-refractivity contribution is 0.0328. The van der Waals surface area contributed by atoms with Crippen molar-refractivity contribution in [2.75, 3.05) is 13.2 Å². The van der Waals surface area contributed by atoms with E-state index in [0.29, 0.717) is 6.17 Å². The van der Waals surface area contributed by atoms with Gasteiger partial charge in [-0.25, -0.2) is 4.79 Å². The van der Waals surface area contributed by atoms with Crippen molar-refractivity contribution in [2.45, 2.75) is 26.4 Å². The van der Waals surface area contributed by atoms with E-state index in [0.717, 1.165) is 0 Å². The number of hydrogen-bond acceptors (Lipinski definition) is 2. The van der Waals surface area contributed by atoms with Gasteiger partial charge in [0, 0.05) is 13.2 Å². The Kier molecular flexibility index (Phi) is 3.58. The molecule has 0 unspecified atom stereocenters. The number of rotatable bonds is 1. The third-order valence-electron chi connectivity index (χ3n) is 0.942. The van der Waals surface area contributed by atoms with E-state index in [1.54, 1.807) is 7.05 Å². The fourth-order valence-electron chi connectivity index (χ4n) is 0.404. The second-order valence-corrected chi connectivity index (χ2v) is 3.65. The highest BCUT2D eigenvalue weighted by molar-refractivity contribution is 6.09. The lowest BCUT2D eigenvalue weighted by Crippen LogP contribution is -2.34. The maximum absolute atomic E-state index is 11.1. The van der Waals surface area contributed by atoms with Gasteiger partial charge in [0.25, 0.3) is 0 Å². The van der Waals surface area contributed by atoms with E-state index in [1.807, 2.05) is 20.8 Å². The Morgan fingerprint density at radius 2 is 2.00 bits per heavy atom. The zero-order valence-electron chi connectivity index (χ0n) is 7.47. The van der Waals surface area contributed by atoms with Gasteiger partial charge in [0.2, 0.25) is 0 Å². The molecule has 0 aliphatic rings. The summed E-state index contributed by atoms with van der Waals surface area (Å²) in [6.45, 7) is 5.52. The van der Waals surface area contributed by atoms with Gasteiger partial charge in [0.1, 0.15) is 5.60 Å². The Morgan fingerprint density at radius 3 is 2.27 bits per heavy atom. The van der Waals surface area contributed by atoms with Gasteiger partial charge in [-0.15, -0.1) is 0 Å². The molecule has 0 spiro atoms. The molecule has 4 heteroatoms. The van der Waals surface area contributed by atoms with Crippen LogP contribution in [0.2, 0.25) is 0 Å². The maximum atomic E-state index is 11.1. The van der Waals surface area contributed by atoms with E-state index in [1.165, 1.54) is 4.90 Å². The Bertz CT molecular complexity index is 142. The highest BCUT2D eigenvalue weighted by Gasteiger charge is 2.17. The van der Waals surface area contributed by atoms with Crippen molar-refractivity contribution in [1.29, 1.82) is 0 Å². The summed E-state index contributed by atoms with van der Waals surface area (Å²) in [7, 11) is 4.86. The molecular weight excluding hydrogens is 158 g/mol. The number of nitrogens with zero attached hydrogens (tertiary/aromatic N) is 1. The summed E-state index contributed by atoms with van der Waals surface area (Å²) in [5, 5.41) is 0. The number of carbonyl (C=O) groups is 1. The molecule has 0 bridgehead atoms. The number of ether oxygens (including phenoxy) is 1. The molecule has 0 atom stereocenters. The average Bonchev–Trinajstić information content (AvgIpc) is 1.82. The summed E-state index contributed by atoms with van der Waals surface area (Å²) in [6, 6.07) is 0. The molecule has 0 heterocycles. The topological polar surface area (TPSA) is 29.5 Å². The lowest BCUT2D eigenvalue weighted by Gasteiger charge is -2.23. The van der Waals surface area contributed by atoms with Gasteiger partial charge in [-0.2, -0.15) is 0 Å². The monoisotopic (exact) mass is 172 g/mol. The van der Waals surface area contributed by atoms with Crippen molar-refractivity contribution in [3.8, 4) is 0 Å². The van der Waals surface area contributed by atoms with Gasteiger partial charge in [-0.1, -0.05) is 0 Å². The maximum Gasteiger partial charge on any atom is 0.409 e. The van der Waals surface area contributed by atoms with Crippen molar-refractivity contribution in [3.63, 3.8) is 0 Å². The first-order valence-corrected chi connectivity index (χ1v) is 4.16.